The van der Waals surface area contributed by atoms with E-state index in [0.29, 0.717) is 0 Å². The van der Waals surface area contributed by atoms with E-state index in [4.69, 9.17) is 0 Å². The zero-order valence-corrected chi connectivity index (χ0v) is 10.6. The summed E-state index contributed by atoms with van der Waals surface area (Å²) in [5.74, 6) is 0.824. The molecule has 1 saturated heterocycles. The van der Waals surface area contributed by atoms with Gasteiger partial charge in [0.15, 0.2) is 0 Å². The topological polar surface area (TPSA) is 37.6 Å². The molecule has 3 rings (SSSR count). The molecular weight excluding hydrogens is 226 g/mol. The van der Waals surface area contributed by atoms with Gasteiger partial charge in [-0.3, -0.25) is 9.20 Å². The third-order valence-corrected chi connectivity index (χ3v) is 3.55. The summed E-state index contributed by atoms with van der Waals surface area (Å²) in [5, 5.41) is 0. The van der Waals surface area contributed by atoms with Crippen LogP contribution in [0.2, 0.25) is 0 Å². The molecule has 0 radical (unpaired) electrons. The number of aryl methyl sites for hydroxylation is 1. The number of piperidine rings is 1. The van der Waals surface area contributed by atoms with Gasteiger partial charge in [-0.2, -0.15) is 0 Å². The Morgan fingerprint density at radius 2 is 1.94 bits per heavy atom. The number of anilines is 1. The molecule has 94 valence electrons. The Bertz CT molecular complexity index is 626. The van der Waals surface area contributed by atoms with E-state index in [1.165, 1.54) is 19.3 Å². The van der Waals surface area contributed by atoms with Crippen LogP contribution in [0.25, 0.3) is 5.65 Å². The van der Waals surface area contributed by atoms with Gasteiger partial charge < -0.3 is 4.90 Å². The summed E-state index contributed by atoms with van der Waals surface area (Å²) >= 11 is 0. The van der Waals surface area contributed by atoms with Crippen molar-refractivity contribution in [2.75, 3.05) is 18.0 Å². The zero-order valence-electron chi connectivity index (χ0n) is 10.6. The molecule has 4 nitrogen and oxygen atoms in total. The fourth-order valence-electron chi connectivity index (χ4n) is 2.59. The van der Waals surface area contributed by atoms with Crippen LogP contribution in [0.15, 0.2) is 29.1 Å². The molecule has 0 aliphatic carbocycles. The van der Waals surface area contributed by atoms with E-state index in [1.54, 1.807) is 10.5 Å². The minimum absolute atomic E-state index is 0.0127. The molecule has 0 amide bonds. The van der Waals surface area contributed by atoms with E-state index < -0.39 is 0 Å². The summed E-state index contributed by atoms with van der Waals surface area (Å²) in [5.41, 5.74) is 1.68. The van der Waals surface area contributed by atoms with Crippen molar-refractivity contribution in [3.05, 3.63) is 40.3 Å². The Labute approximate surface area is 106 Å². The molecule has 1 fully saturated rings. The summed E-state index contributed by atoms with van der Waals surface area (Å²) < 4.78 is 1.66. The van der Waals surface area contributed by atoms with Crippen LogP contribution < -0.4 is 10.5 Å². The smallest absolute Gasteiger partial charge is 0.260 e. The van der Waals surface area contributed by atoms with Gasteiger partial charge in [0.05, 0.1) is 0 Å². The summed E-state index contributed by atoms with van der Waals surface area (Å²) in [6.07, 6.45) is 3.66. The van der Waals surface area contributed by atoms with Gasteiger partial charge in [-0.1, -0.05) is 6.07 Å². The largest absolute Gasteiger partial charge is 0.356 e. The van der Waals surface area contributed by atoms with Crippen molar-refractivity contribution in [1.82, 2.24) is 9.38 Å². The van der Waals surface area contributed by atoms with Crippen LogP contribution in [-0.2, 0) is 0 Å². The number of rotatable bonds is 1. The lowest BCUT2D eigenvalue weighted by atomic mass is 10.1. The molecule has 18 heavy (non-hydrogen) atoms. The second kappa shape index (κ2) is 4.44. The minimum Gasteiger partial charge on any atom is -0.356 e. The first-order valence-corrected chi connectivity index (χ1v) is 6.50. The predicted molar refractivity (Wildman–Crippen MR) is 72.3 cm³/mol. The summed E-state index contributed by atoms with van der Waals surface area (Å²) in [4.78, 5) is 19.0. The van der Waals surface area contributed by atoms with Crippen molar-refractivity contribution in [1.29, 1.82) is 0 Å². The van der Waals surface area contributed by atoms with Crippen LogP contribution in [0.5, 0.6) is 0 Å². The van der Waals surface area contributed by atoms with Gasteiger partial charge in [-0.15, -0.1) is 0 Å². The molecule has 0 N–H and O–H groups in total. The van der Waals surface area contributed by atoms with Crippen LogP contribution >= 0.6 is 0 Å². The average Bonchev–Trinajstić information content (AvgIpc) is 2.39. The number of pyridine rings is 1. The van der Waals surface area contributed by atoms with E-state index >= 15 is 0 Å². The van der Waals surface area contributed by atoms with Crippen LogP contribution in [0.4, 0.5) is 5.82 Å². The second-order valence-electron chi connectivity index (χ2n) is 4.86. The molecule has 4 heteroatoms. The van der Waals surface area contributed by atoms with Crippen molar-refractivity contribution < 1.29 is 0 Å². The highest BCUT2D eigenvalue weighted by Crippen LogP contribution is 2.17. The van der Waals surface area contributed by atoms with Crippen LogP contribution in [0.3, 0.4) is 0 Å². The number of fused-ring (bicyclic) bond motifs is 1. The molecule has 0 saturated carbocycles. The molecule has 0 bridgehead atoms. The molecule has 3 heterocycles. The van der Waals surface area contributed by atoms with Gasteiger partial charge in [-0.05, 0) is 38.3 Å². The number of aromatic nitrogens is 2. The average molecular weight is 243 g/mol. The Hall–Kier alpha value is -1.84. The lowest BCUT2D eigenvalue weighted by molar-refractivity contribution is 0.573. The van der Waals surface area contributed by atoms with Gasteiger partial charge in [0.1, 0.15) is 11.5 Å². The van der Waals surface area contributed by atoms with E-state index in [-0.39, 0.29) is 5.56 Å². The standard InChI is InChI=1S/C14H17N3O/c1-11-6-5-7-12-15-13(10-14(18)17(11)12)16-8-3-2-4-9-16/h5-7,10H,2-4,8-9H2,1H3. The number of nitrogens with zero attached hydrogens (tertiary/aromatic N) is 3. The van der Waals surface area contributed by atoms with Crippen molar-refractivity contribution in [2.45, 2.75) is 26.2 Å². The molecule has 2 aromatic heterocycles. The maximum Gasteiger partial charge on any atom is 0.260 e. The lowest BCUT2D eigenvalue weighted by Crippen LogP contribution is -2.32. The van der Waals surface area contributed by atoms with Gasteiger partial charge >= 0.3 is 0 Å². The fraction of sp³-hybridized carbons (Fsp3) is 0.429. The maximum absolute atomic E-state index is 12.2. The summed E-state index contributed by atoms with van der Waals surface area (Å²) in [7, 11) is 0. The normalized spacial score (nSPS) is 16.2. The summed E-state index contributed by atoms with van der Waals surface area (Å²) in [6.45, 7) is 3.94. The fourth-order valence-corrected chi connectivity index (χ4v) is 2.59. The van der Waals surface area contributed by atoms with Gasteiger partial charge in [-0.25, -0.2) is 4.98 Å². The monoisotopic (exact) mass is 243 g/mol. The second-order valence-corrected chi connectivity index (χ2v) is 4.86. The maximum atomic E-state index is 12.2. The van der Waals surface area contributed by atoms with E-state index in [0.717, 1.165) is 30.2 Å². The molecule has 0 aromatic carbocycles. The van der Waals surface area contributed by atoms with E-state index in [1.807, 2.05) is 25.1 Å². The van der Waals surface area contributed by atoms with Crippen molar-refractivity contribution in [3.8, 4) is 0 Å². The highest BCUT2D eigenvalue weighted by molar-refractivity contribution is 5.49. The van der Waals surface area contributed by atoms with Crippen molar-refractivity contribution in [2.24, 2.45) is 0 Å². The molecule has 0 atom stereocenters. The van der Waals surface area contributed by atoms with Gasteiger partial charge in [0.2, 0.25) is 0 Å². The Balaban J connectivity index is 2.12. The highest BCUT2D eigenvalue weighted by atomic mass is 16.1. The Morgan fingerprint density at radius 3 is 2.72 bits per heavy atom. The predicted octanol–water partition coefficient (Wildman–Crippen LogP) is 1.99. The molecular formula is C14H17N3O. The quantitative estimate of drug-likeness (QED) is 0.768. The first kappa shape index (κ1) is 11.3. The first-order valence-electron chi connectivity index (χ1n) is 6.50. The molecule has 0 spiro atoms. The first-order chi connectivity index (χ1) is 8.75. The zero-order chi connectivity index (χ0) is 12.5. The van der Waals surface area contributed by atoms with Gasteiger partial charge in [0, 0.05) is 24.8 Å². The van der Waals surface area contributed by atoms with Crippen LogP contribution in [0.1, 0.15) is 25.0 Å². The number of hydrogen-bond donors (Lipinski definition) is 0. The third-order valence-electron chi connectivity index (χ3n) is 3.55. The summed E-state index contributed by atoms with van der Waals surface area (Å²) in [6, 6.07) is 7.42. The molecule has 0 unspecified atom stereocenters. The molecule has 1 aliphatic rings. The number of hydrogen-bond acceptors (Lipinski definition) is 3. The highest BCUT2D eigenvalue weighted by Gasteiger charge is 2.14. The molecule has 2 aromatic rings. The van der Waals surface area contributed by atoms with Gasteiger partial charge in [0.25, 0.3) is 5.56 Å². The Kier molecular flexibility index (Phi) is 2.78. The minimum atomic E-state index is 0.0127. The van der Waals surface area contributed by atoms with Crippen LogP contribution in [0, 0.1) is 6.92 Å². The van der Waals surface area contributed by atoms with E-state index in [2.05, 4.69) is 9.88 Å². The lowest BCUT2D eigenvalue weighted by Gasteiger charge is -2.27. The van der Waals surface area contributed by atoms with E-state index in [9.17, 15) is 4.79 Å². The Morgan fingerprint density at radius 1 is 1.17 bits per heavy atom. The van der Waals surface area contributed by atoms with Crippen LogP contribution in [-0.4, -0.2) is 22.5 Å². The molecule has 1 aliphatic heterocycles. The third kappa shape index (κ3) is 1.88. The SMILES string of the molecule is Cc1cccc2nc(N3CCCCC3)cc(=O)n12. The van der Waals surface area contributed by atoms with Crippen molar-refractivity contribution in [3.63, 3.8) is 0 Å². The van der Waals surface area contributed by atoms with Crippen molar-refractivity contribution >= 4 is 11.5 Å².